The van der Waals surface area contributed by atoms with Crippen molar-refractivity contribution in [1.29, 1.82) is 0 Å². The molecule has 1 aromatic heterocycles. The van der Waals surface area contributed by atoms with Crippen LogP contribution in [-0.4, -0.2) is 10.3 Å². The first-order chi connectivity index (χ1) is 14.8. The first kappa shape index (κ1) is 32.2. The van der Waals surface area contributed by atoms with Gasteiger partial charge in [0.15, 0.2) is 0 Å². The fraction of sp³-hybridized carbons (Fsp3) is 0.654. The van der Waals surface area contributed by atoms with Gasteiger partial charge in [-0.2, -0.15) is 0 Å². The molecule has 3 nitrogen and oxygen atoms in total. The Morgan fingerprint density at radius 2 is 1.71 bits per heavy atom. The highest BCUT2D eigenvalue weighted by atomic mass is 35.5. The van der Waals surface area contributed by atoms with E-state index < -0.39 is 0 Å². The zero-order chi connectivity index (χ0) is 24.6. The van der Waals surface area contributed by atoms with Crippen molar-refractivity contribution >= 4 is 28.8 Å². The summed E-state index contributed by atoms with van der Waals surface area (Å²) in [6.07, 6.45) is 8.09. The maximum atomic E-state index is 9.59. The quantitative estimate of drug-likeness (QED) is 0.316. The van der Waals surface area contributed by atoms with Gasteiger partial charge >= 0.3 is 0 Å². The summed E-state index contributed by atoms with van der Waals surface area (Å²) in [6.45, 7) is 20.4. The summed E-state index contributed by atoms with van der Waals surface area (Å²) in [6, 6.07) is 0. The number of aliphatic hydroxyl groups excluding tert-OH is 1. The number of rotatable bonds is 7. The molecule has 0 atom stereocenters. The molecular formula is C26H45Cl2NO2. The molecule has 0 aliphatic heterocycles. The Balaban J connectivity index is 0. The Morgan fingerprint density at radius 3 is 2.03 bits per heavy atom. The van der Waals surface area contributed by atoms with Crippen LogP contribution in [0.5, 0.6) is 0 Å². The number of aromatic nitrogens is 1. The van der Waals surface area contributed by atoms with Crippen LogP contribution >= 0.6 is 23.2 Å². The van der Waals surface area contributed by atoms with Crippen molar-refractivity contribution in [2.75, 3.05) is 0 Å². The average molecular weight is 475 g/mol. The standard InChI is InChI=1S/C14H17Cl2NO2.C8H16.2C2H6/c1-3-10(15)12(11(16)4-2)13-9(7-18)14(19-17-13)8-5-6-8;1-7(2)5-6-8(3)4;2*1-2/h3,8,18H,4-7H2,1-2H3;5,8H,6H2,1-4H3;2*1-2H3/b10-3+,12-11-;;;. The maximum Gasteiger partial charge on any atom is 0.145 e. The Hall–Kier alpha value is -1.03. The number of halogens is 2. The van der Waals surface area contributed by atoms with E-state index in [9.17, 15) is 5.11 Å². The van der Waals surface area contributed by atoms with Gasteiger partial charge in [-0.05, 0) is 52.4 Å². The monoisotopic (exact) mass is 473 g/mol. The molecular weight excluding hydrogens is 429 g/mol. The van der Waals surface area contributed by atoms with Gasteiger partial charge in [0.05, 0.1) is 6.61 Å². The normalized spacial score (nSPS) is 13.7. The molecule has 0 aromatic carbocycles. The van der Waals surface area contributed by atoms with Gasteiger partial charge in [0, 0.05) is 27.1 Å². The molecule has 1 heterocycles. The molecule has 5 heteroatoms. The van der Waals surface area contributed by atoms with Crippen LogP contribution in [0.1, 0.15) is 118 Å². The van der Waals surface area contributed by atoms with Crippen molar-refractivity contribution in [2.24, 2.45) is 5.92 Å². The number of aliphatic hydroxyl groups is 1. The molecule has 1 aromatic rings. The van der Waals surface area contributed by atoms with Gasteiger partial charge in [-0.15, -0.1) is 0 Å². The largest absolute Gasteiger partial charge is 0.391 e. The fourth-order valence-electron chi connectivity index (χ4n) is 2.50. The Morgan fingerprint density at radius 1 is 1.16 bits per heavy atom. The predicted octanol–water partition coefficient (Wildman–Crippen LogP) is 9.60. The minimum Gasteiger partial charge on any atom is -0.391 e. The van der Waals surface area contributed by atoms with Gasteiger partial charge in [0.2, 0.25) is 0 Å². The molecule has 0 amide bonds. The van der Waals surface area contributed by atoms with E-state index in [4.69, 9.17) is 27.7 Å². The van der Waals surface area contributed by atoms with Gasteiger partial charge in [-0.25, -0.2) is 0 Å². The molecule has 1 aliphatic carbocycles. The Bertz CT molecular complexity index is 692. The van der Waals surface area contributed by atoms with Gasteiger partial charge in [0.25, 0.3) is 0 Å². The van der Waals surface area contributed by atoms with Crippen molar-refractivity contribution < 1.29 is 9.63 Å². The van der Waals surface area contributed by atoms with Gasteiger partial charge < -0.3 is 9.63 Å². The molecule has 180 valence electrons. The smallest absolute Gasteiger partial charge is 0.145 e. The first-order valence-electron chi connectivity index (χ1n) is 11.7. The summed E-state index contributed by atoms with van der Waals surface area (Å²) in [5.74, 6) is 1.97. The first-order valence-corrected chi connectivity index (χ1v) is 12.5. The van der Waals surface area contributed by atoms with Crippen LogP contribution in [0.4, 0.5) is 0 Å². The summed E-state index contributed by atoms with van der Waals surface area (Å²) < 4.78 is 5.39. The molecule has 0 radical (unpaired) electrons. The third-order valence-electron chi connectivity index (χ3n) is 4.23. The van der Waals surface area contributed by atoms with E-state index in [-0.39, 0.29) is 6.61 Å². The molecule has 0 spiro atoms. The van der Waals surface area contributed by atoms with Crippen LogP contribution in [0.15, 0.2) is 32.3 Å². The molecule has 0 saturated heterocycles. The Kier molecular flexibility index (Phi) is 19.2. The SMILES string of the molecule is C/C=C(Cl)\C(=C(\Cl)CC)c1noc(C2CC2)c1CO.CC.CC.CC(C)=CCC(C)C. The highest BCUT2D eigenvalue weighted by Gasteiger charge is 2.33. The van der Waals surface area contributed by atoms with Crippen LogP contribution in [0, 0.1) is 5.92 Å². The molecule has 1 aliphatic rings. The van der Waals surface area contributed by atoms with Crippen LogP contribution in [0.3, 0.4) is 0 Å². The summed E-state index contributed by atoms with van der Waals surface area (Å²) in [5.41, 5.74) is 3.37. The molecule has 1 N–H and O–H groups in total. The topological polar surface area (TPSA) is 46.3 Å². The minimum absolute atomic E-state index is 0.115. The van der Waals surface area contributed by atoms with Gasteiger partial charge in [0.1, 0.15) is 11.5 Å². The van der Waals surface area contributed by atoms with Crippen molar-refractivity contribution in [3.8, 4) is 0 Å². The summed E-state index contributed by atoms with van der Waals surface area (Å²) in [5, 5.41) is 14.8. The average Bonchev–Trinajstić information content (AvgIpc) is 3.55. The second-order valence-electron chi connectivity index (χ2n) is 7.49. The van der Waals surface area contributed by atoms with E-state index in [1.807, 2.05) is 41.5 Å². The van der Waals surface area contributed by atoms with Gasteiger partial charge in [-0.3, -0.25) is 0 Å². The second-order valence-corrected chi connectivity index (χ2v) is 8.35. The molecule has 1 fully saturated rings. The van der Waals surface area contributed by atoms with Crippen molar-refractivity contribution in [3.05, 3.63) is 44.8 Å². The lowest BCUT2D eigenvalue weighted by atomic mass is 10.0. The van der Waals surface area contributed by atoms with Crippen molar-refractivity contribution in [1.82, 2.24) is 5.16 Å². The lowest BCUT2D eigenvalue weighted by molar-refractivity contribution is 0.277. The molecule has 1 saturated carbocycles. The van der Waals surface area contributed by atoms with Crippen molar-refractivity contribution in [2.45, 2.75) is 107 Å². The highest BCUT2D eigenvalue weighted by Crippen LogP contribution is 2.44. The summed E-state index contributed by atoms with van der Waals surface area (Å²) in [7, 11) is 0. The van der Waals surface area contributed by atoms with E-state index in [1.165, 1.54) is 12.0 Å². The lowest BCUT2D eigenvalue weighted by Gasteiger charge is -2.07. The number of allylic oxidation sites excluding steroid dienone is 6. The van der Waals surface area contributed by atoms with E-state index in [2.05, 4.69) is 38.9 Å². The Labute approximate surface area is 201 Å². The van der Waals surface area contributed by atoms with Crippen LogP contribution in [0.2, 0.25) is 0 Å². The third kappa shape index (κ3) is 12.0. The van der Waals surface area contributed by atoms with E-state index >= 15 is 0 Å². The molecule has 0 unspecified atom stereocenters. The van der Waals surface area contributed by atoms with Crippen molar-refractivity contribution in [3.63, 3.8) is 0 Å². The summed E-state index contributed by atoms with van der Waals surface area (Å²) >= 11 is 12.5. The predicted molar refractivity (Wildman–Crippen MR) is 139 cm³/mol. The number of hydrogen-bond donors (Lipinski definition) is 1. The zero-order valence-electron chi connectivity index (χ0n) is 21.4. The lowest BCUT2D eigenvalue weighted by Crippen LogP contribution is -1.96. The van der Waals surface area contributed by atoms with E-state index in [0.717, 1.165) is 24.5 Å². The highest BCUT2D eigenvalue weighted by molar-refractivity contribution is 6.41. The van der Waals surface area contributed by atoms with Crippen LogP contribution in [0.25, 0.3) is 5.57 Å². The zero-order valence-corrected chi connectivity index (χ0v) is 22.9. The third-order valence-corrected chi connectivity index (χ3v) is 5.10. The number of hydrogen-bond acceptors (Lipinski definition) is 3. The number of nitrogens with zero attached hydrogens (tertiary/aromatic N) is 1. The maximum absolute atomic E-state index is 9.59. The second kappa shape index (κ2) is 18.5. The van der Waals surface area contributed by atoms with Gasteiger partial charge in [-0.1, -0.05) is 94.5 Å². The van der Waals surface area contributed by atoms with E-state index in [1.54, 1.807) is 6.08 Å². The molecule has 31 heavy (non-hydrogen) atoms. The van der Waals surface area contributed by atoms with Crippen LogP contribution in [-0.2, 0) is 6.61 Å². The molecule has 2 rings (SSSR count). The fourth-order valence-corrected chi connectivity index (χ4v) is 2.94. The molecule has 0 bridgehead atoms. The minimum atomic E-state index is -0.115. The van der Waals surface area contributed by atoms with E-state index in [0.29, 0.717) is 39.2 Å². The van der Waals surface area contributed by atoms with Crippen LogP contribution < -0.4 is 0 Å². The summed E-state index contributed by atoms with van der Waals surface area (Å²) in [4.78, 5) is 0.